The SMILES string of the molecule is C#CCO/N=C\C(O)[C@@H](O)[C@H](OC1OC(COS(=O)(=O)O)[C@@H](OC)[C@H](O)C1C)C(O)C(=O)O. The highest BCUT2D eigenvalue weighted by molar-refractivity contribution is 7.80. The number of oxime groups is 1. The quantitative estimate of drug-likeness (QED) is 0.0478. The van der Waals surface area contributed by atoms with E-state index < -0.39 is 77.9 Å². The molecule has 9 atom stereocenters. The molecule has 0 amide bonds. The first-order valence-electron chi connectivity index (χ1n) is 9.33. The van der Waals surface area contributed by atoms with Crippen LogP contribution < -0.4 is 0 Å². The second kappa shape index (κ2) is 13.1. The molecule has 0 aromatic carbocycles. The number of terminal acetylenes is 1. The summed E-state index contributed by atoms with van der Waals surface area (Å²) in [6.45, 7) is 0.316. The van der Waals surface area contributed by atoms with Crippen LogP contribution in [0, 0.1) is 18.3 Å². The summed E-state index contributed by atoms with van der Waals surface area (Å²) in [6.07, 6.45) is -8.20. The van der Waals surface area contributed by atoms with E-state index in [1.165, 1.54) is 14.0 Å². The average Bonchev–Trinajstić information content (AvgIpc) is 2.74. The maximum absolute atomic E-state index is 11.3. The Morgan fingerprint density at radius 3 is 2.48 bits per heavy atom. The molecule has 33 heavy (non-hydrogen) atoms. The lowest BCUT2D eigenvalue weighted by Crippen LogP contribution is -2.59. The molecule has 5 unspecified atom stereocenters. The first-order chi connectivity index (χ1) is 15.3. The summed E-state index contributed by atoms with van der Waals surface area (Å²) in [7, 11) is -3.69. The largest absolute Gasteiger partial charge is 0.479 e. The molecule has 1 aliphatic heterocycles. The van der Waals surface area contributed by atoms with Gasteiger partial charge in [0.1, 0.15) is 30.5 Å². The van der Waals surface area contributed by atoms with Crippen molar-refractivity contribution in [3.05, 3.63) is 0 Å². The summed E-state index contributed by atoms with van der Waals surface area (Å²) in [5.74, 6) is -0.712. The first-order valence-corrected chi connectivity index (χ1v) is 10.7. The Morgan fingerprint density at radius 2 is 1.97 bits per heavy atom. The minimum Gasteiger partial charge on any atom is -0.479 e. The van der Waals surface area contributed by atoms with E-state index in [0.717, 1.165) is 0 Å². The van der Waals surface area contributed by atoms with Crippen molar-refractivity contribution in [2.24, 2.45) is 11.1 Å². The fourth-order valence-electron chi connectivity index (χ4n) is 2.89. The molecule has 6 N–H and O–H groups in total. The van der Waals surface area contributed by atoms with Crippen LogP contribution in [0.1, 0.15) is 6.92 Å². The fraction of sp³-hybridized carbons (Fsp3) is 0.765. The van der Waals surface area contributed by atoms with E-state index in [0.29, 0.717) is 6.21 Å². The fourth-order valence-corrected chi connectivity index (χ4v) is 3.19. The third-order valence-electron chi connectivity index (χ3n) is 4.61. The monoisotopic (exact) mass is 501 g/mol. The zero-order valence-electron chi connectivity index (χ0n) is 17.6. The maximum atomic E-state index is 11.3. The van der Waals surface area contributed by atoms with Crippen molar-refractivity contribution < 1.29 is 66.5 Å². The van der Waals surface area contributed by atoms with Gasteiger partial charge in [0, 0.05) is 13.0 Å². The smallest absolute Gasteiger partial charge is 0.397 e. The van der Waals surface area contributed by atoms with Crippen LogP contribution >= 0.6 is 0 Å². The van der Waals surface area contributed by atoms with Gasteiger partial charge in [0.05, 0.1) is 18.9 Å². The van der Waals surface area contributed by atoms with E-state index in [9.17, 15) is 33.6 Å². The first kappa shape index (κ1) is 29.1. The third-order valence-corrected chi connectivity index (χ3v) is 5.05. The van der Waals surface area contributed by atoms with Crippen LogP contribution in [0.15, 0.2) is 5.16 Å². The number of carbonyl (C=O) groups is 1. The highest BCUT2D eigenvalue weighted by atomic mass is 32.3. The maximum Gasteiger partial charge on any atom is 0.397 e. The van der Waals surface area contributed by atoms with E-state index in [4.69, 9.17) is 30.3 Å². The number of methoxy groups -OCH3 is 1. The van der Waals surface area contributed by atoms with Crippen LogP contribution in [0.5, 0.6) is 0 Å². The van der Waals surface area contributed by atoms with Gasteiger partial charge in [-0.15, -0.1) is 6.42 Å². The van der Waals surface area contributed by atoms with Gasteiger partial charge in [0.15, 0.2) is 19.0 Å². The number of aliphatic carboxylic acids is 1. The Balaban J connectivity index is 3.09. The van der Waals surface area contributed by atoms with Gasteiger partial charge < -0.3 is 44.6 Å². The molecule has 1 rings (SSSR count). The van der Waals surface area contributed by atoms with Crippen LogP contribution in [-0.4, -0.2) is 120 Å². The van der Waals surface area contributed by atoms with Gasteiger partial charge in [-0.25, -0.2) is 8.98 Å². The summed E-state index contributed by atoms with van der Waals surface area (Å²) in [5, 5.41) is 53.3. The van der Waals surface area contributed by atoms with Crippen molar-refractivity contribution in [2.45, 2.75) is 55.9 Å². The Labute approximate surface area is 189 Å². The van der Waals surface area contributed by atoms with Gasteiger partial charge in [-0.1, -0.05) is 18.0 Å². The number of hydrogen-bond acceptors (Lipinski definition) is 13. The van der Waals surface area contributed by atoms with Crippen LogP contribution in [0.3, 0.4) is 0 Å². The van der Waals surface area contributed by atoms with E-state index in [-0.39, 0.29) is 6.61 Å². The van der Waals surface area contributed by atoms with Crippen molar-refractivity contribution in [3.8, 4) is 12.3 Å². The van der Waals surface area contributed by atoms with E-state index in [1.54, 1.807) is 0 Å². The van der Waals surface area contributed by atoms with Crippen LogP contribution in [0.4, 0.5) is 0 Å². The predicted octanol–water partition coefficient (Wildman–Crippen LogP) is -3.27. The number of carboxylic acids is 1. The summed E-state index contributed by atoms with van der Waals surface area (Å²) in [5.41, 5.74) is 0. The minimum absolute atomic E-state index is 0.254. The molecule has 0 aliphatic carbocycles. The van der Waals surface area contributed by atoms with Gasteiger partial charge in [-0.05, 0) is 0 Å². The highest BCUT2D eigenvalue weighted by Crippen LogP contribution is 2.30. The van der Waals surface area contributed by atoms with Gasteiger partial charge >= 0.3 is 16.4 Å². The molecule has 16 heteroatoms. The Bertz CT molecular complexity index is 798. The lowest BCUT2D eigenvalue weighted by Gasteiger charge is -2.44. The summed E-state index contributed by atoms with van der Waals surface area (Å²) >= 11 is 0. The molecule has 1 fully saturated rings. The lowest BCUT2D eigenvalue weighted by molar-refractivity contribution is -0.311. The highest BCUT2D eigenvalue weighted by Gasteiger charge is 2.47. The number of aliphatic hydroxyl groups excluding tert-OH is 4. The number of ether oxygens (including phenoxy) is 3. The minimum atomic E-state index is -4.88. The summed E-state index contributed by atoms with van der Waals surface area (Å²) < 4.78 is 50.7. The molecule has 0 aromatic rings. The number of hydrogen-bond donors (Lipinski definition) is 6. The summed E-state index contributed by atoms with van der Waals surface area (Å²) in [4.78, 5) is 15.9. The zero-order valence-corrected chi connectivity index (χ0v) is 18.4. The Hall–Kier alpha value is -1.91. The van der Waals surface area contributed by atoms with E-state index >= 15 is 0 Å². The van der Waals surface area contributed by atoms with Gasteiger partial charge in [-0.2, -0.15) is 8.42 Å². The molecule has 15 nitrogen and oxygen atoms in total. The number of aliphatic hydroxyl groups is 4. The van der Waals surface area contributed by atoms with Gasteiger partial charge in [0.2, 0.25) is 0 Å². The molecule has 0 aromatic heterocycles. The van der Waals surface area contributed by atoms with Crippen LogP contribution in [0.25, 0.3) is 0 Å². The Kier molecular flexibility index (Phi) is 11.6. The van der Waals surface area contributed by atoms with Crippen molar-refractivity contribution >= 4 is 22.6 Å². The molecule has 0 saturated carbocycles. The lowest BCUT2D eigenvalue weighted by atomic mass is 9.92. The zero-order chi connectivity index (χ0) is 25.3. The number of nitrogens with zero attached hydrogens (tertiary/aromatic N) is 1. The molecule has 0 bridgehead atoms. The normalized spacial score (nSPS) is 29.7. The topological polar surface area (TPSA) is 231 Å². The van der Waals surface area contributed by atoms with Crippen molar-refractivity contribution in [1.82, 2.24) is 0 Å². The number of rotatable bonds is 13. The molecule has 190 valence electrons. The van der Waals surface area contributed by atoms with Gasteiger partial charge in [0.25, 0.3) is 0 Å². The average molecular weight is 501 g/mol. The molecule has 1 aliphatic rings. The van der Waals surface area contributed by atoms with Crippen molar-refractivity contribution in [3.63, 3.8) is 0 Å². The number of carboxylic acid groups (broad SMARTS) is 1. The summed E-state index contributed by atoms with van der Waals surface area (Å²) in [6, 6.07) is 0. The van der Waals surface area contributed by atoms with Crippen LogP contribution in [0.2, 0.25) is 0 Å². The molecule has 1 heterocycles. The third kappa shape index (κ3) is 8.75. The molecular weight excluding hydrogens is 474 g/mol. The van der Waals surface area contributed by atoms with Crippen molar-refractivity contribution in [1.29, 1.82) is 0 Å². The molecular formula is C17H27NO14S. The molecule has 1 saturated heterocycles. The Morgan fingerprint density at radius 1 is 1.33 bits per heavy atom. The molecule has 0 spiro atoms. The van der Waals surface area contributed by atoms with E-state index in [1.807, 2.05) is 0 Å². The van der Waals surface area contributed by atoms with Gasteiger partial charge in [-0.3, -0.25) is 4.55 Å². The standard InChI is InChI=1S/C17H27NO14S/c1-4-5-29-18-6-9(19)12(21)15(13(22)16(23)24)32-17-8(2)11(20)14(28-3)10(31-17)7-30-33(25,26)27/h1,6,8-15,17,19-22H,5,7H2,2-3H3,(H,23,24)(H,25,26,27)/b18-6-/t8?,9?,10?,11-,12-,13?,14-,15+,17?/m1/s1. The van der Waals surface area contributed by atoms with Crippen molar-refractivity contribution in [2.75, 3.05) is 20.3 Å². The second-order valence-corrected chi connectivity index (χ2v) is 7.99. The molecule has 0 radical (unpaired) electrons. The predicted molar refractivity (Wildman–Crippen MR) is 106 cm³/mol. The second-order valence-electron chi connectivity index (χ2n) is 6.90. The van der Waals surface area contributed by atoms with E-state index in [2.05, 4.69) is 20.1 Å². The van der Waals surface area contributed by atoms with Crippen LogP contribution in [-0.2, 0) is 38.4 Å².